The largest absolute Gasteiger partial charge is 0.383 e. The van der Waals surface area contributed by atoms with E-state index < -0.39 is 11.5 Å². The van der Waals surface area contributed by atoms with Gasteiger partial charge in [0.1, 0.15) is 17.7 Å². The monoisotopic (exact) mass is 556 g/mol. The van der Waals surface area contributed by atoms with Crippen molar-refractivity contribution in [3.05, 3.63) is 64.2 Å². The molecule has 1 fully saturated rings. The Morgan fingerprint density at radius 1 is 1.26 bits per heavy atom. The average Bonchev–Trinajstić information content (AvgIpc) is 3.27. The van der Waals surface area contributed by atoms with Crippen LogP contribution >= 0.6 is 11.6 Å². The molecule has 0 spiro atoms. The van der Waals surface area contributed by atoms with E-state index in [2.05, 4.69) is 15.6 Å². The molecule has 1 saturated carbocycles. The van der Waals surface area contributed by atoms with Gasteiger partial charge in [0.25, 0.3) is 0 Å². The van der Waals surface area contributed by atoms with Crippen LogP contribution in [0.25, 0.3) is 11.0 Å². The van der Waals surface area contributed by atoms with Crippen molar-refractivity contribution in [2.75, 3.05) is 20.8 Å². The zero-order valence-electron chi connectivity index (χ0n) is 23.2. The fourth-order valence-electron chi connectivity index (χ4n) is 5.44. The number of hydrogen-bond donors (Lipinski definition) is 3. The van der Waals surface area contributed by atoms with E-state index in [1.54, 1.807) is 26.3 Å². The molecule has 7 nitrogen and oxygen atoms in total. The Balaban J connectivity index is 1.63. The van der Waals surface area contributed by atoms with Crippen LogP contribution in [-0.2, 0) is 26.2 Å². The van der Waals surface area contributed by atoms with Gasteiger partial charge in [0, 0.05) is 31.2 Å². The number of aromatic nitrogens is 2. The van der Waals surface area contributed by atoms with Crippen LogP contribution in [0.4, 0.5) is 4.39 Å². The molecule has 0 radical (unpaired) electrons. The number of hydrogen-bond acceptors (Lipinski definition) is 4. The molecule has 2 aromatic carbocycles. The van der Waals surface area contributed by atoms with Gasteiger partial charge < -0.3 is 20.4 Å². The number of nitrogens with one attached hydrogen (secondary N) is 3. The number of benzene rings is 2. The van der Waals surface area contributed by atoms with Gasteiger partial charge in [-0.2, -0.15) is 0 Å². The Morgan fingerprint density at radius 2 is 2.00 bits per heavy atom. The van der Waals surface area contributed by atoms with E-state index in [4.69, 9.17) is 21.3 Å². The molecule has 1 aromatic heterocycles. The zero-order valence-corrected chi connectivity index (χ0v) is 24.0. The minimum absolute atomic E-state index is 0.126. The Labute approximate surface area is 234 Å². The number of carbonyl (C=O) groups is 2. The lowest BCUT2D eigenvalue weighted by atomic mass is 9.77. The summed E-state index contributed by atoms with van der Waals surface area (Å²) in [6.45, 7) is 6.04. The fourth-order valence-corrected chi connectivity index (χ4v) is 5.75. The first-order valence-corrected chi connectivity index (χ1v) is 13.9. The molecule has 1 heterocycles. The first-order valence-electron chi connectivity index (χ1n) is 13.5. The lowest BCUT2D eigenvalue weighted by molar-refractivity contribution is -0.134. The number of amides is 2. The molecule has 3 aromatic rings. The number of nitrogens with zero attached hydrogens (tertiary/aromatic N) is 1. The molecule has 4 rings (SSSR count). The van der Waals surface area contributed by atoms with Crippen LogP contribution < -0.4 is 10.6 Å². The van der Waals surface area contributed by atoms with Gasteiger partial charge in [0.2, 0.25) is 11.8 Å². The maximum atomic E-state index is 14.7. The van der Waals surface area contributed by atoms with Crippen molar-refractivity contribution in [1.29, 1.82) is 0 Å². The highest BCUT2D eigenvalue weighted by molar-refractivity contribution is 6.31. The van der Waals surface area contributed by atoms with Gasteiger partial charge in [-0.25, -0.2) is 9.37 Å². The van der Waals surface area contributed by atoms with Crippen molar-refractivity contribution in [2.45, 2.75) is 63.8 Å². The average molecular weight is 557 g/mol. The number of likely N-dealkylation sites (N-methyl/N-ethyl adjacent to an activating group) is 1. The van der Waals surface area contributed by atoms with Crippen LogP contribution in [0, 0.1) is 17.7 Å². The third-order valence-electron chi connectivity index (χ3n) is 8.13. The lowest BCUT2D eigenvalue weighted by Crippen LogP contribution is -2.57. The predicted molar refractivity (Wildman–Crippen MR) is 151 cm³/mol. The molecular formula is C30H38ClFN4O3. The Bertz CT molecular complexity index is 1320. The molecule has 2 unspecified atom stereocenters. The van der Waals surface area contributed by atoms with E-state index in [9.17, 15) is 14.0 Å². The van der Waals surface area contributed by atoms with Gasteiger partial charge in [0.05, 0.1) is 23.1 Å². The van der Waals surface area contributed by atoms with Crippen LogP contribution in [-0.4, -0.2) is 48.6 Å². The van der Waals surface area contributed by atoms with E-state index in [0.29, 0.717) is 22.8 Å². The van der Waals surface area contributed by atoms with Crippen LogP contribution in [0.2, 0.25) is 5.02 Å². The van der Waals surface area contributed by atoms with E-state index in [0.717, 1.165) is 35.9 Å². The maximum absolute atomic E-state index is 14.7. The summed E-state index contributed by atoms with van der Waals surface area (Å²) in [6, 6.07) is 9.82. The molecule has 0 saturated heterocycles. The standard InChI is InChI=1S/C30H38ClFN4O3/c1-17(2)20(26-21(31)10-7-11-22(26)32)15-25-34-23-13-12-19(14-24(23)35-25)30(3,16-39-5)29(38)36-27(28(37)33-4)18-8-6-9-18/h7,10-14,17-18,20,27H,6,8-9,15-16H2,1-5H3,(H,33,37)(H,34,35)(H,36,38)/t20?,27-,30?/m1/s1. The Hall–Kier alpha value is -2.97. The van der Waals surface area contributed by atoms with Gasteiger partial charge in [-0.05, 0) is 67.3 Å². The smallest absolute Gasteiger partial charge is 0.242 e. The Morgan fingerprint density at radius 3 is 2.59 bits per heavy atom. The predicted octanol–water partition coefficient (Wildman–Crippen LogP) is 5.27. The highest BCUT2D eigenvalue weighted by Crippen LogP contribution is 2.36. The number of rotatable bonds is 11. The van der Waals surface area contributed by atoms with E-state index >= 15 is 0 Å². The number of ether oxygens (including phenoxy) is 1. The normalized spacial score (nSPS) is 16.9. The highest BCUT2D eigenvalue weighted by atomic mass is 35.5. The molecule has 2 amide bonds. The Kier molecular flexibility index (Phi) is 8.96. The van der Waals surface area contributed by atoms with Gasteiger partial charge >= 0.3 is 0 Å². The minimum Gasteiger partial charge on any atom is -0.383 e. The second-order valence-corrected chi connectivity index (χ2v) is 11.5. The number of halogens is 2. The van der Waals surface area contributed by atoms with Crippen molar-refractivity contribution in [3.63, 3.8) is 0 Å². The molecule has 0 bridgehead atoms. The van der Waals surface area contributed by atoms with Gasteiger partial charge in [-0.15, -0.1) is 0 Å². The molecule has 3 atom stereocenters. The molecule has 3 N–H and O–H groups in total. The summed E-state index contributed by atoms with van der Waals surface area (Å²) in [5.74, 6) is 0.0298. The molecule has 9 heteroatoms. The molecule has 1 aliphatic rings. The summed E-state index contributed by atoms with van der Waals surface area (Å²) in [4.78, 5) is 34.4. The molecule has 1 aliphatic carbocycles. The highest BCUT2D eigenvalue weighted by Gasteiger charge is 2.41. The number of fused-ring (bicyclic) bond motifs is 1. The number of H-pyrrole nitrogens is 1. The topological polar surface area (TPSA) is 96.1 Å². The number of aromatic amines is 1. The first-order chi connectivity index (χ1) is 18.6. The fraction of sp³-hybridized carbons (Fsp3) is 0.500. The zero-order chi connectivity index (χ0) is 28.3. The van der Waals surface area contributed by atoms with Crippen molar-refractivity contribution in [3.8, 4) is 0 Å². The third-order valence-corrected chi connectivity index (χ3v) is 8.46. The maximum Gasteiger partial charge on any atom is 0.242 e. The quantitative estimate of drug-likeness (QED) is 0.300. The number of imidazole rings is 1. The van der Waals surface area contributed by atoms with Gasteiger partial charge in [-0.1, -0.05) is 44.0 Å². The van der Waals surface area contributed by atoms with E-state index in [-0.39, 0.29) is 42.0 Å². The molecule has 0 aliphatic heterocycles. The molecular weight excluding hydrogens is 519 g/mol. The summed E-state index contributed by atoms with van der Waals surface area (Å²) in [5, 5.41) is 6.10. The lowest BCUT2D eigenvalue weighted by Gasteiger charge is -2.36. The van der Waals surface area contributed by atoms with Crippen molar-refractivity contribution >= 4 is 34.4 Å². The van der Waals surface area contributed by atoms with Gasteiger partial charge in [-0.3, -0.25) is 9.59 Å². The van der Waals surface area contributed by atoms with Crippen LogP contribution in [0.1, 0.15) is 62.9 Å². The summed E-state index contributed by atoms with van der Waals surface area (Å²) in [7, 11) is 3.14. The van der Waals surface area contributed by atoms with Crippen LogP contribution in [0.5, 0.6) is 0 Å². The van der Waals surface area contributed by atoms with Crippen molar-refractivity contribution in [2.24, 2.45) is 11.8 Å². The molecule has 210 valence electrons. The van der Waals surface area contributed by atoms with Crippen LogP contribution in [0.3, 0.4) is 0 Å². The third kappa shape index (κ3) is 5.97. The van der Waals surface area contributed by atoms with E-state index in [1.165, 1.54) is 6.07 Å². The second kappa shape index (κ2) is 12.0. The summed E-state index contributed by atoms with van der Waals surface area (Å²) in [6.07, 6.45) is 3.37. The second-order valence-electron chi connectivity index (χ2n) is 11.1. The SMILES string of the molecule is CNC(=O)[C@H](NC(=O)C(C)(COC)c1ccc2nc(CC(c3c(F)cccc3Cl)C(C)C)[nH]c2c1)C1CCC1. The number of carbonyl (C=O) groups excluding carboxylic acids is 2. The van der Waals surface area contributed by atoms with E-state index in [1.807, 2.05) is 39.0 Å². The summed E-state index contributed by atoms with van der Waals surface area (Å²) in [5.41, 5.74) is 1.71. The minimum atomic E-state index is -1.04. The van der Waals surface area contributed by atoms with Gasteiger partial charge in [0.15, 0.2) is 0 Å². The number of methoxy groups -OCH3 is 1. The summed E-state index contributed by atoms with van der Waals surface area (Å²) < 4.78 is 20.2. The first kappa shape index (κ1) is 29.0. The van der Waals surface area contributed by atoms with Crippen molar-refractivity contribution in [1.82, 2.24) is 20.6 Å². The summed E-state index contributed by atoms with van der Waals surface area (Å²) >= 11 is 6.40. The molecule has 39 heavy (non-hydrogen) atoms. The van der Waals surface area contributed by atoms with Crippen molar-refractivity contribution < 1.29 is 18.7 Å². The van der Waals surface area contributed by atoms with Crippen LogP contribution in [0.15, 0.2) is 36.4 Å².